The van der Waals surface area contributed by atoms with Crippen molar-refractivity contribution in [3.05, 3.63) is 52.7 Å². The lowest BCUT2D eigenvalue weighted by Crippen LogP contribution is -2.11. The van der Waals surface area contributed by atoms with Gasteiger partial charge in [-0.3, -0.25) is 9.55 Å². The summed E-state index contributed by atoms with van der Waals surface area (Å²) in [4.78, 5) is 19.1. The molecule has 3 aromatic rings. The molecule has 0 saturated heterocycles. The van der Waals surface area contributed by atoms with E-state index in [9.17, 15) is 4.79 Å². The molecule has 0 aliphatic heterocycles. The van der Waals surface area contributed by atoms with Gasteiger partial charge in [0, 0.05) is 19.4 Å². The fraction of sp³-hybridized carbons (Fsp3) is 0.333. The second-order valence-corrected chi connectivity index (χ2v) is 6.99. The zero-order valence-electron chi connectivity index (χ0n) is 13.5. The maximum Gasteiger partial charge on any atom is 0.326 e. The van der Waals surface area contributed by atoms with Crippen molar-refractivity contribution in [3.63, 3.8) is 0 Å². The number of benzene rings is 1. The van der Waals surface area contributed by atoms with E-state index in [1.54, 1.807) is 24.0 Å². The van der Waals surface area contributed by atoms with Crippen molar-refractivity contribution < 1.29 is 0 Å². The lowest BCUT2D eigenvalue weighted by Gasteiger charge is -2.19. The van der Waals surface area contributed by atoms with Crippen molar-refractivity contribution in [1.29, 1.82) is 0 Å². The number of fused-ring (bicyclic) bond motifs is 1. The summed E-state index contributed by atoms with van der Waals surface area (Å²) in [5.41, 5.74) is 5.37. The van der Waals surface area contributed by atoms with Gasteiger partial charge in [-0.1, -0.05) is 20.8 Å². The van der Waals surface area contributed by atoms with Crippen molar-refractivity contribution >= 4 is 11.0 Å². The number of pyridine rings is 1. The molecule has 114 valence electrons. The maximum absolute atomic E-state index is 12.0. The molecular weight excluding hydrogens is 274 g/mol. The highest BCUT2D eigenvalue weighted by Crippen LogP contribution is 2.30. The number of aromatic amines is 1. The molecule has 0 radical (unpaired) electrons. The fourth-order valence-corrected chi connectivity index (χ4v) is 2.82. The van der Waals surface area contributed by atoms with Crippen LogP contribution >= 0.6 is 0 Å². The molecule has 4 nitrogen and oxygen atoms in total. The van der Waals surface area contributed by atoms with Gasteiger partial charge in [0.15, 0.2) is 0 Å². The average molecular weight is 295 g/mol. The molecule has 0 amide bonds. The van der Waals surface area contributed by atoms with Crippen LogP contribution in [0.3, 0.4) is 0 Å². The third-order valence-electron chi connectivity index (χ3n) is 3.83. The summed E-state index contributed by atoms with van der Waals surface area (Å²) in [6.45, 7) is 6.62. The molecule has 3 rings (SSSR count). The van der Waals surface area contributed by atoms with E-state index < -0.39 is 0 Å². The van der Waals surface area contributed by atoms with Crippen molar-refractivity contribution in [1.82, 2.24) is 14.5 Å². The van der Waals surface area contributed by atoms with Gasteiger partial charge in [-0.2, -0.15) is 0 Å². The van der Waals surface area contributed by atoms with Crippen LogP contribution in [0.5, 0.6) is 0 Å². The quantitative estimate of drug-likeness (QED) is 0.786. The third kappa shape index (κ3) is 2.69. The Hall–Kier alpha value is -2.36. The van der Waals surface area contributed by atoms with Gasteiger partial charge in [-0.25, -0.2) is 4.79 Å². The van der Waals surface area contributed by atoms with E-state index in [0.29, 0.717) is 0 Å². The molecule has 22 heavy (non-hydrogen) atoms. The molecule has 0 unspecified atom stereocenters. The van der Waals surface area contributed by atoms with Gasteiger partial charge in [-0.05, 0) is 52.8 Å². The second-order valence-electron chi connectivity index (χ2n) is 6.99. The molecule has 0 aliphatic rings. The normalized spacial score (nSPS) is 12.0. The summed E-state index contributed by atoms with van der Waals surface area (Å²) in [7, 11) is 1.80. The Kier molecular flexibility index (Phi) is 3.39. The second kappa shape index (κ2) is 5.13. The number of aryl methyl sites for hydroxylation is 1. The van der Waals surface area contributed by atoms with Crippen LogP contribution < -0.4 is 5.69 Å². The molecule has 0 aliphatic carbocycles. The highest BCUT2D eigenvalue weighted by Gasteiger charge is 2.17. The number of aromatic nitrogens is 3. The first-order chi connectivity index (χ1) is 10.3. The fourth-order valence-electron chi connectivity index (χ4n) is 2.82. The standard InChI is InChI=1S/C18H21N3O/c1-18(2,3)11-14-9-13(12-5-7-19-8-6-12)10-15-16(14)20-17(22)21(15)4/h5-10H,11H2,1-4H3,(H,20,22). The van der Waals surface area contributed by atoms with Gasteiger partial charge in [0.05, 0.1) is 11.0 Å². The Balaban J connectivity index is 2.28. The summed E-state index contributed by atoms with van der Waals surface area (Å²) in [6, 6.07) is 8.23. The minimum atomic E-state index is -0.0722. The number of rotatable bonds is 2. The monoisotopic (exact) mass is 295 g/mol. The van der Waals surface area contributed by atoms with Gasteiger partial charge in [0.2, 0.25) is 0 Å². The maximum atomic E-state index is 12.0. The largest absolute Gasteiger partial charge is 0.326 e. The van der Waals surface area contributed by atoms with Gasteiger partial charge in [0.1, 0.15) is 0 Å². The summed E-state index contributed by atoms with van der Waals surface area (Å²) in [5.74, 6) is 0. The van der Waals surface area contributed by atoms with Crippen LogP contribution in [0.4, 0.5) is 0 Å². The highest BCUT2D eigenvalue weighted by molar-refractivity contribution is 5.85. The van der Waals surface area contributed by atoms with Crippen LogP contribution in [0.25, 0.3) is 22.2 Å². The average Bonchev–Trinajstić information content (AvgIpc) is 2.75. The van der Waals surface area contributed by atoms with Crippen LogP contribution in [-0.4, -0.2) is 14.5 Å². The van der Waals surface area contributed by atoms with E-state index in [0.717, 1.165) is 28.6 Å². The first kappa shape index (κ1) is 14.6. The van der Waals surface area contributed by atoms with Crippen LogP contribution in [0.1, 0.15) is 26.3 Å². The molecule has 0 bridgehead atoms. The summed E-state index contributed by atoms with van der Waals surface area (Å²) in [5, 5.41) is 0. The molecule has 2 aromatic heterocycles. The molecule has 4 heteroatoms. The minimum absolute atomic E-state index is 0.0722. The van der Waals surface area contributed by atoms with Crippen LogP contribution in [-0.2, 0) is 13.5 Å². The number of hydrogen-bond donors (Lipinski definition) is 1. The molecule has 0 saturated carbocycles. The smallest absolute Gasteiger partial charge is 0.305 e. The molecule has 0 fully saturated rings. The Morgan fingerprint density at radius 3 is 2.45 bits per heavy atom. The summed E-state index contributed by atoms with van der Waals surface area (Å²) in [6.07, 6.45) is 4.49. The Bertz CT molecular complexity index is 867. The Morgan fingerprint density at radius 2 is 1.82 bits per heavy atom. The third-order valence-corrected chi connectivity index (χ3v) is 3.83. The van der Waals surface area contributed by atoms with E-state index in [1.807, 2.05) is 12.1 Å². The number of H-pyrrole nitrogens is 1. The van der Waals surface area contributed by atoms with Crippen LogP contribution in [0.2, 0.25) is 0 Å². The predicted octanol–water partition coefficient (Wildman–Crippen LogP) is 3.52. The van der Waals surface area contributed by atoms with E-state index in [4.69, 9.17) is 0 Å². The summed E-state index contributed by atoms with van der Waals surface area (Å²) < 4.78 is 1.67. The molecule has 0 spiro atoms. The van der Waals surface area contributed by atoms with Gasteiger partial charge >= 0.3 is 5.69 Å². The number of nitrogens with one attached hydrogen (secondary N) is 1. The van der Waals surface area contributed by atoms with Crippen molar-refractivity contribution in [3.8, 4) is 11.1 Å². The first-order valence-corrected chi connectivity index (χ1v) is 7.47. The van der Waals surface area contributed by atoms with Crippen molar-refractivity contribution in [2.24, 2.45) is 12.5 Å². The molecular formula is C18H21N3O. The minimum Gasteiger partial charge on any atom is -0.305 e. The van der Waals surface area contributed by atoms with E-state index >= 15 is 0 Å². The topological polar surface area (TPSA) is 50.7 Å². The lowest BCUT2D eigenvalue weighted by atomic mass is 9.86. The zero-order valence-corrected chi connectivity index (χ0v) is 13.5. The Morgan fingerprint density at radius 1 is 1.14 bits per heavy atom. The first-order valence-electron chi connectivity index (χ1n) is 7.47. The van der Waals surface area contributed by atoms with E-state index in [1.165, 1.54) is 5.56 Å². The highest BCUT2D eigenvalue weighted by atomic mass is 16.1. The lowest BCUT2D eigenvalue weighted by molar-refractivity contribution is 0.412. The van der Waals surface area contributed by atoms with Gasteiger partial charge in [-0.15, -0.1) is 0 Å². The van der Waals surface area contributed by atoms with Crippen molar-refractivity contribution in [2.75, 3.05) is 0 Å². The Labute approximate surface area is 129 Å². The van der Waals surface area contributed by atoms with Crippen molar-refractivity contribution in [2.45, 2.75) is 27.2 Å². The zero-order chi connectivity index (χ0) is 15.9. The van der Waals surface area contributed by atoms with Crippen LogP contribution in [0.15, 0.2) is 41.5 Å². The molecule has 1 aromatic carbocycles. The summed E-state index contributed by atoms with van der Waals surface area (Å²) >= 11 is 0. The van der Waals surface area contributed by atoms with E-state index in [2.05, 4.69) is 42.9 Å². The van der Waals surface area contributed by atoms with Gasteiger partial charge in [0.25, 0.3) is 0 Å². The number of hydrogen-bond acceptors (Lipinski definition) is 2. The van der Waals surface area contributed by atoms with E-state index in [-0.39, 0.29) is 11.1 Å². The predicted molar refractivity (Wildman–Crippen MR) is 89.9 cm³/mol. The molecule has 2 heterocycles. The number of imidazole rings is 1. The number of nitrogens with zero attached hydrogens (tertiary/aromatic N) is 2. The molecule has 1 N–H and O–H groups in total. The molecule has 0 atom stereocenters. The SMILES string of the molecule is Cn1c(=O)[nH]c2c(CC(C)(C)C)cc(-c3ccncc3)cc21. The van der Waals surface area contributed by atoms with Gasteiger partial charge < -0.3 is 4.98 Å². The van der Waals surface area contributed by atoms with Crippen LogP contribution in [0, 0.1) is 5.41 Å².